The summed E-state index contributed by atoms with van der Waals surface area (Å²) in [6, 6.07) is 5.22. The lowest BCUT2D eigenvalue weighted by Gasteiger charge is -2.23. The van der Waals surface area contributed by atoms with Crippen LogP contribution in [0.15, 0.2) is 24.3 Å². The second kappa shape index (κ2) is 4.76. The van der Waals surface area contributed by atoms with Crippen molar-refractivity contribution in [3.05, 3.63) is 35.6 Å². The van der Waals surface area contributed by atoms with Crippen molar-refractivity contribution in [3.8, 4) is 0 Å². The summed E-state index contributed by atoms with van der Waals surface area (Å²) < 4.78 is 12.9. The van der Waals surface area contributed by atoms with Gasteiger partial charge in [0.2, 0.25) is 5.91 Å². The molecule has 2 fully saturated rings. The molecule has 1 aromatic carbocycles. The third-order valence-corrected chi connectivity index (χ3v) is 3.89. The summed E-state index contributed by atoms with van der Waals surface area (Å²) >= 11 is 0. The SMILES string of the molecule is O=C(c1ccc(F)cc1)C1CCCN1C(=O)C1CC1. The number of likely N-dealkylation sites (tertiary alicyclic amines) is 1. The fraction of sp³-hybridized carbons (Fsp3) is 0.467. The molecule has 1 aliphatic carbocycles. The first-order valence-corrected chi connectivity index (χ1v) is 6.77. The van der Waals surface area contributed by atoms with Crippen molar-refractivity contribution in [1.82, 2.24) is 4.90 Å². The zero-order valence-corrected chi connectivity index (χ0v) is 10.6. The van der Waals surface area contributed by atoms with E-state index in [1.807, 2.05) is 0 Å². The Hall–Kier alpha value is -1.71. The van der Waals surface area contributed by atoms with Crippen molar-refractivity contribution < 1.29 is 14.0 Å². The smallest absolute Gasteiger partial charge is 0.226 e. The van der Waals surface area contributed by atoms with Gasteiger partial charge in [0.25, 0.3) is 0 Å². The highest BCUT2D eigenvalue weighted by Crippen LogP contribution is 2.34. The van der Waals surface area contributed by atoms with Crippen LogP contribution in [0.1, 0.15) is 36.0 Å². The third kappa shape index (κ3) is 2.39. The number of nitrogens with zero attached hydrogens (tertiary/aromatic N) is 1. The molecule has 0 aromatic heterocycles. The molecule has 0 N–H and O–H groups in total. The Morgan fingerprint density at radius 3 is 2.42 bits per heavy atom. The van der Waals surface area contributed by atoms with Gasteiger partial charge in [-0.15, -0.1) is 0 Å². The molecule has 3 nitrogen and oxygen atoms in total. The lowest BCUT2D eigenvalue weighted by molar-refractivity contribution is -0.132. The van der Waals surface area contributed by atoms with Crippen molar-refractivity contribution in [2.45, 2.75) is 31.7 Å². The largest absolute Gasteiger partial charge is 0.332 e. The number of carbonyl (C=O) groups excluding carboxylic acids is 2. The summed E-state index contributed by atoms with van der Waals surface area (Å²) in [5.41, 5.74) is 0.488. The van der Waals surface area contributed by atoms with Crippen LogP contribution in [0.3, 0.4) is 0 Å². The molecule has 19 heavy (non-hydrogen) atoms. The van der Waals surface area contributed by atoms with Crippen LogP contribution in [0, 0.1) is 11.7 Å². The van der Waals surface area contributed by atoms with Gasteiger partial charge in [-0.1, -0.05) is 0 Å². The quantitative estimate of drug-likeness (QED) is 0.784. The summed E-state index contributed by atoms with van der Waals surface area (Å²) in [7, 11) is 0. The minimum atomic E-state index is -0.353. The molecule has 0 bridgehead atoms. The highest BCUT2D eigenvalue weighted by molar-refractivity contribution is 6.02. The Morgan fingerprint density at radius 2 is 1.79 bits per heavy atom. The number of Topliss-reactive ketones (excluding diaryl/α,β-unsaturated/α-hetero) is 1. The summed E-state index contributed by atoms with van der Waals surface area (Å²) in [6.45, 7) is 0.674. The van der Waals surface area contributed by atoms with E-state index in [9.17, 15) is 14.0 Å². The Kier molecular flexibility index (Phi) is 3.09. The average molecular weight is 261 g/mol. The fourth-order valence-corrected chi connectivity index (χ4v) is 2.67. The zero-order valence-electron chi connectivity index (χ0n) is 10.6. The lowest BCUT2D eigenvalue weighted by Crippen LogP contribution is -2.41. The molecule has 3 rings (SSSR count). The van der Waals surface area contributed by atoms with Crippen molar-refractivity contribution >= 4 is 11.7 Å². The molecule has 2 aliphatic rings. The number of benzene rings is 1. The summed E-state index contributed by atoms with van der Waals surface area (Å²) in [5, 5.41) is 0. The molecule has 4 heteroatoms. The van der Waals surface area contributed by atoms with Crippen LogP contribution in [0.2, 0.25) is 0 Å². The number of carbonyl (C=O) groups is 2. The molecule has 0 spiro atoms. The fourth-order valence-electron chi connectivity index (χ4n) is 2.67. The lowest BCUT2D eigenvalue weighted by atomic mass is 10.0. The molecular weight excluding hydrogens is 245 g/mol. The van der Waals surface area contributed by atoms with Crippen LogP contribution in [-0.4, -0.2) is 29.2 Å². The molecular formula is C15H16FNO2. The minimum absolute atomic E-state index is 0.0634. The van der Waals surface area contributed by atoms with Crippen LogP contribution in [0.4, 0.5) is 4.39 Å². The summed E-state index contributed by atoms with van der Waals surface area (Å²) in [5.74, 6) is -0.153. The van der Waals surface area contributed by atoms with E-state index in [-0.39, 0.29) is 29.5 Å². The van der Waals surface area contributed by atoms with Gasteiger partial charge in [0.15, 0.2) is 5.78 Å². The van der Waals surface area contributed by atoms with Gasteiger partial charge >= 0.3 is 0 Å². The van der Waals surface area contributed by atoms with Crippen molar-refractivity contribution in [1.29, 1.82) is 0 Å². The maximum Gasteiger partial charge on any atom is 0.226 e. The molecule has 1 saturated heterocycles. The van der Waals surface area contributed by atoms with Crippen LogP contribution in [0.5, 0.6) is 0 Å². The van der Waals surface area contributed by atoms with Gasteiger partial charge in [-0.3, -0.25) is 9.59 Å². The number of rotatable bonds is 3. The van der Waals surface area contributed by atoms with Crippen LogP contribution >= 0.6 is 0 Å². The van der Waals surface area contributed by atoms with E-state index in [1.54, 1.807) is 4.90 Å². The zero-order chi connectivity index (χ0) is 13.4. The number of ketones is 1. The molecule has 1 amide bonds. The van der Waals surface area contributed by atoms with Crippen LogP contribution in [0.25, 0.3) is 0 Å². The summed E-state index contributed by atoms with van der Waals surface area (Å²) in [4.78, 5) is 26.2. The number of amides is 1. The van der Waals surface area contributed by atoms with Crippen molar-refractivity contribution in [3.63, 3.8) is 0 Å². The average Bonchev–Trinajstić information content (AvgIpc) is 3.15. The van der Waals surface area contributed by atoms with E-state index in [1.165, 1.54) is 24.3 Å². The van der Waals surface area contributed by atoms with Gasteiger partial charge in [0.1, 0.15) is 5.82 Å². The van der Waals surface area contributed by atoms with E-state index in [0.29, 0.717) is 18.5 Å². The van der Waals surface area contributed by atoms with E-state index in [0.717, 1.165) is 19.3 Å². The molecule has 1 aromatic rings. The first kappa shape index (κ1) is 12.3. The Bertz CT molecular complexity index is 507. The van der Waals surface area contributed by atoms with Gasteiger partial charge in [0.05, 0.1) is 6.04 Å². The predicted octanol–water partition coefficient (Wildman–Crippen LogP) is 2.41. The van der Waals surface area contributed by atoms with E-state index >= 15 is 0 Å². The number of hydrogen-bond acceptors (Lipinski definition) is 2. The van der Waals surface area contributed by atoms with E-state index < -0.39 is 0 Å². The second-order valence-electron chi connectivity index (χ2n) is 5.34. The Labute approximate surface area is 111 Å². The second-order valence-corrected chi connectivity index (χ2v) is 5.34. The Balaban J connectivity index is 1.78. The van der Waals surface area contributed by atoms with Crippen LogP contribution in [-0.2, 0) is 4.79 Å². The molecule has 0 radical (unpaired) electrons. The monoisotopic (exact) mass is 261 g/mol. The Morgan fingerprint density at radius 1 is 1.11 bits per heavy atom. The molecule has 1 saturated carbocycles. The molecule has 100 valence electrons. The molecule has 1 unspecified atom stereocenters. The summed E-state index contributed by atoms with van der Waals surface area (Å²) in [6.07, 6.45) is 3.49. The van der Waals surface area contributed by atoms with Gasteiger partial charge in [0, 0.05) is 18.0 Å². The molecule has 1 atom stereocenters. The number of halogens is 1. The van der Waals surface area contributed by atoms with Gasteiger partial charge in [-0.25, -0.2) is 4.39 Å². The standard InChI is InChI=1S/C15H16FNO2/c16-12-7-5-10(6-8-12)14(18)13-2-1-9-17(13)15(19)11-3-4-11/h5-8,11,13H,1-4,9H2. The highest BCUT2D eigenvalue weighted by Gasteiger charge is 2.40. The van der Waals surface area contributed by atoms with Crippen molar-refractivity contribution in [2.75, 3.05) is 6.54 Å². The van der Waals surface area contributed by atoms with Crippen LogP contribution < -0.4 is 0 Å². The van der Waals surface area contributed by atoms with Gasteiger partial charge in [-0.05, 0) is 49.9 Å². The van der Waals surface area contributed by atoms with Crippen molar-refractivity contribution in [2.24, 2.45) is 5.92 Å². The predicted molar refractivity (Wildman–Crippen MR) is 68.2 cm³/mol. The third-order valence-electron chi connectivity index (χ3n) is 3.89. The first-order chi connectivity index (χ1) is 9.16. The first-order valence-electron chi connectivity index (χ1n) is 6.77. The highest BCUT2D eigenvalue weighted by atomic mass is 19.1. The minimum Gasteiger partial charge on any atom is -0.332 e. The molecule has 1 heterocycles. The van der Waals surface area contributed by atoms with Gasteiger partial charge in [-0.2, -0.15) is 0 Å². The maximum atomic E-state index is 12.9. The van der Waals surface area contributed by atoms with E-state index in [4.69, 9.17) is 0 Å². The number of hydrogen-bond donors (Lipinski definition) is 0. The van der Waals surface area contributed by atoms with Gasteiger partial charge < -0.3 is 4.90 Å². The molecule has 1 aliphatic heterocycles. The normalized spacial score (nSPS) is 22.6. The maximum absolute atomic E-state index is 12.9. The van der Waals surface area contributed by atoms with E-state index in [2.05, 4.69) is 0 Å². The topological polar surface area (TPSA) is 37.4 Å².